The summed E-state index contributed by atoms with van der Waals surface area (Å²) >= 11 is 0. The summed E-state index contributed by atoms with van der Waals surface area (Å²) in [5.74, 6) is -0.618. The van der Waals surface area contributed by atoms with Gasteiger partial charge in [0.15, 0.2) is 0 Å². The van der Waals surface area contributed by atoms with Crippen LogP contribution in [0.15, 0.2) is 24.3 Å². The van der Waals surface area contributed by atoms with Crippen LogP contribution in [0.3, 0.4) is 0 Å². The van der Waals surface area contributed by atoms with Crippen molar-refractivity contribution in [2.75, 3.05) is 52.5 Å². The molecule has 1 aromatic carbocycles. The number of ether oxygens (including phenoxy) is 2. The first-order valence-electron chi connectivity index (χ1n) is 9.00. The Kier molecular flexibility index (Phi) is 8.15. The van der Waals surface area contributed by atoms with Gasteiger partial charge in [-0.1, -0.05) is 0 Å². The van der Waals surface area contributed by atoms with Crippen LogP contribution in [0, 0.1) is 10.1 Å². The number of hydrogen-bond acceptors (Lipinski definition) is 7. The molecule has 1 amide bonds. The van der Waals surface area contributed by atoms with E-state index in [0.717, 1.165) is 13.1 Å². The fourth-order valence-corrected chi connectivity index (χ4v) is 2.77. The standard InChI is InChI=1S/C18H25N3O6/c1-2-27-17(22)7-8-20(10-9-19-11-13-26-14-12-19)18(23)15-3-5-16(6-4-15)21(24)25/h3-6H,2,7-14H2,1H3. The number of esters is 1. The highest BCUT2D eigenvalue weighted by molar-refractivity contribution is 5.94. The third-order valence-electron chi connectivity index (χ3n) is 4.29. The molecule has 2 rings (SSSR count). The highest BCUT2D eigenvalue weighted by Gasteiger charge is 2.20. The monoisotopic (exact) mass is 379 g/mol. The lowest BCUT2D eigenvalue weighted by Gasteiger charge is -2.30. The van der Waals surface area contributed by atoms with Crippen LogP contribution in [0.4, 0.5) is 5.69 Å². The van der Waals surface area contributed by atoms with E-state index in [1.807, 2.05) is 0 Å². The first-order valence-corrected chi connectivity index (χ1v) is 9.00. The number of nitro groups is 1. The van der Waals surface area contributed by atoms with E-state index in [1.54, 1.807) is 11.8 Å². The highest BCUT2D eigenvalue weighted by atomic mass is 16.6. The zero-order chi connectivity index (χ0) is 19.6. The highest BCUT2D eigenvalue weighted by Crippen LogP contribution is 2.14. The van der Waals surface area contributed by atoms with E-state index in [9.17, 15) is 19.7 Å². The van der Waals surface area contributed by atoms with Crippen molar-refractivity contribution in [3.05, 3.63) is 39.9 Å². The first kappa shape index (κ1) is 20.8. The van der Waals surface area contributed by atoms with Crippen molar-refractivity contribution < 1.29 is 24.0 Å². The van der Waals surface area contributed by atoms with Gasteiger partial charge in [0.2, 0.25) is 0 Å². The maximum absolute atomic E-state index is 12.8. The molecule has 9 nitrogen and oxygen atoms in total. The van der Waals surface area contributed by atoms with E-state index in [-0.39, 0.29) is 30.5 Å². The zero-order valence-corrected chi connectivity index (χ0v) is 15.5. The van der Waals surface area contributed by atoms with Crippen molar-refractivity contribution in [3.8, 4) is 0 Å². The van der Waals surface area contributed by atoms with Crippen molar-refractivity contribution >= 4 is 17.6 Å². The number of hydrogen-bond donors (Lipinski definition) is 0. The minimum absolute atomic E-state index is 0.0714. The number of nitrogens with zero attached hydrogens (tertiary/aromatic N) is 3. The van der Waals surface area contributed by atoms with Crippen LogP contribution in [-0.2, 0) is 14.3 Å². The predicted octanol–water partition coefficient (Wildman–Crippen LogP) is 1.32. The maximum Gasteiger partial charge on any atom is 0.307 e. The first-order chi connectivity index (χ1) is 13.0. The summed E-state index contributed by atoms with van der Waals surface area (Å²) < 4.78 is 10.3. The average molecular weight is 379 g/mol. The van der Waals surface area contributed by atoms with Gasteiger partial charge in [-0.25, -0.2) is 0 Å². The van der Waals surface area contributed by atoms with Gasteiger partial charge in [-0.3, -0.25) is 24.6 Å². The minimum atomic E-state index is -0.509. The fourth-order valence-electron chi connectivity index (χ4n) is 2.77. The third kappa shape index (κ3) is 6.61. The van der Waals surface area contributed by atoms with Gasteiger partial charge in [0, 0.05) is 50.4 Å². The van der Waals surface area contributed by atoms with Gasteiger partial charge in [0.1, 0.15) is 0 Å². The van der Waals surface area contributed by atoms with E-state index in [4.69, 9.17) is 9.47 Å². The Morgan fingerprint density at radius 3 is 2.48 bits per heavy atom. The number of morpholine rings is 1. The predicted molar refractivity (Wildman–Crippen MR) is 97.5 cm³/mol. The van der Waals surface area contributed by atoms with Gasteiger partial charge in [0.05, 0.1) is 31.2 Å². The number of non-ortho nitro benzene ring substituents is 1. The Morgan fingerprint density at radius 1 is 1.22 bits per heavy atom. The van der Waals surface area contributed by atoms with Crippen molar-refractivity contribution in [1.82, 2.24) is 9.80 Å². The number of rotatable bonds is 9. The summed E-state index contributed by atoms with van der Waals surface area (Å²) in [7, 11) is 0. The summed E-state index contributed by atoms with van der Waals surface area (Å²) in [6, 6.07) is 5.48. The van der Waals surface area contributed by atoms with Crippen LogP contribution < -0.4 is 0 Å². The molecule has 1 aliphatic heterocycles. The topological polar surface area (TPSA) is 102 Å². The van der Waals surface area contributed by atoms with E-state index in [1.165, 1.54) is 24.3 Å². The number of nitro benzene ring substituents is 1. The molecule has 1 heterocycles. The van der Waals surface area contributed by atoms with Crippen LogP contribution in [-0.4, -0.2) is 79.1 Å². The lowest BCUT2D eigenvalue weighted by molar-refractivity contribution is -0.384. The average Bonchev–Trinajstić information content (AvgIpc) is 2.68. The van der Waals surface area contributed by atoms with Crippen LogP contribution in [0.25, 0.3) is 0 Å². The quantitative estimate of drug-likeness (QED) is 0.362. The molecule has 0 unspecified atom stereocenters. The summed E-state index contributed by atoms with van der Waals surface area (Å²) in [6.45, 7) is 6.32. The van der Waals surface area contributed by atoms with Gasteiger partial charge >= 0.3 is 5.97 Å². The molecule has 1 fully saturated rings. The normalized spacial score (nSPS) is 14.6. The van der Waals surface area contributed by atoms with E-state index >= 15 is 0 Å². The zero-order valence-electron chi connectivity index (χ0n) is 15.5. The third-order valence-corrected chi connectivity index (χ3v) is 4.29. The SMILES string of the molecule is CCOC(=O)CCN(CCN1CCOCC1)C(=O)c1ccc([N+](=O)[O-])cc1. The lowest BCUT2D eigenvalue weighted by atomic mass is 10.1. The molecule has 0 bridgehead atoms. The Morgan fingerprint density at radius 2 is 1.89 bits per heavy atom. The number of benzene rings is 1. The van der Waals surface area contributed by atoms with Gasteiger partial charge in [-0.05, 0) is 19.1 Å². The molecule has 1 saturated heterocycles. The van der Waals surface area contributed by atoms with Gasteiger partial charge in [0.25, 0.3) is 11.6 Å². The van der Waals surface area contributed by atoms with Gasteiger partial charge in [-0.15, -0.1) is 0 Å². The summed E-state index contributed by atoms with van der Waals surface area (Å²) in [5, 5.41) is 10.8. The molecular weight excluding hydrogens is 354 g/mol. The molecule has 27 heavy (non-hydrogen) atoms. The van der Waals surface area contributed by atoms with E-state index < -0.39 is 4.92 Å². The molecule has 1 aromatic rings. The van der Waals surface area contributed by atoms with Crippen molar-refractivity contribution in [3.63, 3.8) is 0 Å². The van der Waals surface area contributed by atoms with E-state index in [0.29, 0.717) is 38.5 Å². The molecule has 9 heteroatoms. The molecule has 0 atom stereocenters. The maximum atomic E-state index is 12.8. The summed E-state index contributed by atoms with van der Waals surface area (Å²) in [4.78, 5) is 38.6. The summed E-state index contributed by atoms with van der Waals surface area (Å²) in [6.07, 6.45) is 0.107. The second-order valence-electron chi connectivity index (χ2n) is 6.11. The molecule has 0 saturated carbocycles. The fraction of sp³-hybridized carbons (Fsp3) is 0.556. The molecule has 0 aromatic heterocycles. The van der Waals surface area contributed by atoms with Crippen LogP contribution in [0.5, 0.6) is 0 Å². The number of carbonyl (C=O) groups excluding carboxylic acids is 2. The molecule has 0 N–H and O–H groups in total. The summed E-state index contributed by atoms with van der Waals surface area (Å²) in [5.41, 5.74) is 0.282. The van der Waals surface area contributed by atoms with Crippen LogP contribution >= 0.6 is 0 Å². The smallest absolute Gasteiger partial charge is 0.307 e. The Bertz CT molecular complexity index is 643. The second kappa shape index (κ2) is 10.6. The van der Waals surface area contributed by atoms with Gasteiger partial charge in [-0.2, -0.15) is 0 Å². The Hall–Kier alpha value is -2.52. The molecule has 0 aliphatic carbocycles. The molecule has 148 valence electrons. The van der Waals surface area contributed by atoms with E-state index in [2.05, 4.69) is 4.90 Å². The molecule has 1 aliphatic rings. The number of amides is 1. The van der Waals surface area contributed by atoms with Crippen LogP contribution in [0.1, 0.15) is 23.7 Å². The van der Waals surface area contributed by atoms with Crippen molar-refractivity contribution in [2.45, 2.75) is 13.3 Å². The van der Waals surface area contributed by atoms with Crippen LogP contribution in [0.2, 0.25) is 0 Å². The largest absolute Gasteiger partial charge is 0.466 e. The Labute approximate surface area is 158 Å². The van der Waals surface area contributed by atoms with Gasteiger partial charge < -0.3 is 14.4 Å². The molecular formula is C18H25N3O6. The second-order valence-corrected chi connectivity index (χ2v) is 6.11. The van der Waals surface area contributed by atoms with Crippen molar-refractivity contribution in [1.29, 1.82) is 0 Å². The van der Waals surface area contributed by atoms with Crippen molar-refractivity contribution in [2.24, 2.45) is 0 Å². The lowest BCUT2D eigenvalue weighted by Crippen LogP contribution is -2.43. The number of carbonyl (C=O) groups is 2. The Balaban J connectivity index is 2.02. The minimum Gasteiger partial charge on any atom is -0.466 e. The molecule has 0 radical (unpaired) electrons. The molecule has 0 spiro atoms.